The van der Waals surface area contributed by atoms with Gasteiger partial charge in [-0.1, -0.05) is 127 Å². The van der Waals surface area contributed by atoms with E-state index in [4.69, 9.17) is 27.3 Å². The molecule has 0 saturated heterocycles. The third-order valence-corrected chi connectivity index (χ3v) is 15.4. The lowest BCUT2D eigenvalue weighted by Gasteiger charge is -2.17. The Balaban J connectivity index is 1.30. The van der Waals surface area contributed by atoms with Crippen LogP contribution in [0.4, 0.5) is 0 Å². The summed E-state index contributed by atoms with van der Waals surface area (Å²) in [7, 11) is 4.96. The van der Waals surface area contributed by atoms with Gasteiger partial charge in [0.15, 0.2) is 11.2 Å². The van der Waals surface area contributed by atoms with Gasteiger partial charge in [-0.25, -0.2) is 5.09 Å². The second-order valence-corrected chi connectivity index (χ2v) is 18.7. The molecule has 7 nitrogen and oxygen atoms in total. The van der Waals surface area contributed by atoms with Gasteiger partial charge in [-0.2, -0.15) is 0 Å². The first-order chi connectivity index (χ1) is 33.5. The lowest BCUT2D eigenvalue weighted by molar-refractivity contribution is 0.415. The second-order valence-electron chi connectivity index (χ2n) is 17.5. The largest absolute Gasteiger partial charge is 0.496 e. The summed E-state index contributed by atoms with van der Waals surface area (Å²) in [6.45, 7) is 2.18. The van der Waals surface area contributed by atoms with Crippen molar-refractivity contribution < 1.29 is 27.3 Å². The number of benzene rings is 12. The average Bonchev–Trinajstić information content (AvgIpc) is 3.54. The van der Waals surface area contributed by atoms with E-state index in [-0.39, 0.29) is 6.04 Å². The molecule has 68 heavy (non-hydrogen) atoms. The molecule has 8 heteroatoms. The molecule has 0 aliphatic rings. The van der Waals surface area contributed by atoms with Crippen molar-refractivity contribution in [2.75, 3.05) is 33.5 Å². The molecular formula is C60H44NO6P. The molecule has 0 radical (unpaired) electrons. The Morgan fingerprint density at radius 2 is 0.735 bits per heavy atom. The summed E-state index contributed by atoms with van der Waals surface area (Å²) >= 11 is 0. The van der Waals surface area contributed by atoms with Crippen LogP contribution in [0.1, 0.15) is 18.5 Å². The van der Waals surface area contributed by atoms with Crippen molar-refractivity contribution in [1.29, 1.82) is 0 Å². The molecule has 330 valence electrons. The van der Waals surface area contributed by atoms with E-state index in [1.807, 2.05) is 0 Å². The third kappa shape index (κ3) is 5.89. The van der Waals surface area contributed by atoms with Crippen LogP contribution in [-0.4, -0.2) is 28.4 Å². The maximum absolute atomic E-state index is 7.61. The van der Waals surface area contributed by atoms with E-state index in [2.05, 4.69) is 176 Å². The molecule has 0 saturated carbocycles. The zero-order valence-electron chi connectivity index (χ0n) is 38.1. The molecule has 0 aliphatic heterocycles. The van der Waals surface area contributed by atoms with Crippen molar-refractivity contribution in [3.05, 3.63) is 169 Å². The van der Waals surface area contributed by atoms with Gasteiger partial charge in [0.1, 0.15) is 23.0 Å². The monoisotopic (exact) mass is 905 g/mol. The molecule has 0 unspecified atom stereocenters. The minimum Gasteiger partial charge on any atom is -0.496 e. The number of nitrogens with one attached hydrogen (secondary N) is 1. The Hall–Kier alpha value is -7.96. The normalized spacial score (nSPS) is 12.5. The molecular weight excluding hydrogens is 862 g/mol. The number of hydrogen-bond acceptors (Lipinski definition) is 7. The van der Waals surface area contributed by atoms with E-state index in [0.29, 0.717) is 22.7 Å². The summed E-state index contributed by atoms with van der Waals surface area (Å²) in [6, 6.07) is 57.7. The van der Waals surface area contributed by atoms with E-state index < -0.39 is 8.16 Å². The minimum atomic E-state index is -1.95. The van der Waals surface area contributed by atoms with Gasteiger partial charge in [0.25, 0.3) is 0 Å². The number of rotatable bonds is 7. The lowest BCUT2D eigenvalue weighted by Crippen LogP contribution is -2.04. The summed E-state index contributed by atoms with van der Waals surface area (Å²) < 4.78 is 40.5. The molecule has 13 rings (SSSR count). The molecule has 0 bridgehead atoms. The maximum Gasteiger partial charge on any atom is 0.307 e. The van der Waals surface area contributed by atoms with Crippen LogP contribution in [0.25, 0.3) is 119 Å². The highest BCUT2D eigenvalue weighted by Gasteiger charge is 2.25. The van der Waals surface area contributed by atoms with Gasteiger partial charge in [0, 0.05) is 59.9 Å². The van der Waals surface area contributed by atoms with Crippen LogP contribution in [0.2, 0.25) is 0 Å². The Morgan fingerprint density at radius 3 is 1.22 bits per heavy atom. The van der Waals surface area contributed by atoms with Gasteiger partial charge in [-0.15, -0.1) is 0 Å². The molecule has 0 amide bonds. The van der Waals surface area contributed by atoms with Crippen LogP contribution in [0, 0.1) is 0 Å². The first kappa shape index (κ1) is 40.3. The van der Waals surface area contributed by atoms with E-state index >= 15 is 0 Å². The summed E-state index contributed by atoms with van der Waals surface area (Å²) in [5.41, 5.74) is 2.48. The van der Waals surface area contributed by atoms with Crippen LogP contribution in [0.5, 0.6) is 23.0 Å². The molecule has 1 N–H and O–H groups in total. The molecule has 1 aromatic heterocycles. The summed E-state index contributed by atoms with van der Waals surface area (Å²) in [5, 5.41) is 24.3. The fourth-order valence-corrected chi connectivity index (χ4v) is 12.3. The number of methoxy groups -OCH3 is 4. The molecule has 1 heterocycles. The zero-order valence-corrected chi connectivity index (χ0v) is 39.0. The van der Waals surface area contributed by atoms with Gasteiger partial charge >= 0.3 is 8.16 Å². The second kappa shape index (κ2) is 15.6. The van der Waals surface area contributed by atoms with E-state index in [1.165, 1.54) is 10.8 Å². The first-order valence-corrected chi connectivity index (χ1v) is 24.0. The van der Waals surface area contributed by atoms with E-state index in [0.717, 1.165) is 114 Å². The highest BCUT2D eigenvalue weighted by atomic mass is 31.1. The SMILES string of the molecule is COc1cc2c3cc(OC)c4cc(OC)c5ccc6ccc7ccccc7c6c5c4c3op(N[C@H](C)c3cccc4ccccc34)oc2c2c1cc(OC)c1ccc3ccc4ccccc4c3c12. The van der Waals surface area contributed by atoms with Crippen LogP contribution in [0.3, 0.4) is 0 Å². The van der Waals surface area contributed by atoms with Crippen molar-refractivity contribution >= 4 is 127 Å². The first-order valence-electron chi connectivity index (χ1n) is 22.8. The predicted molar refractivity (Wildman–Crippen MR) is 284 cm³/mol. The van der Waals surface area contributed by atoms with Gasteiger partial charge in [0.2, 0.25) is 0 Å². The van der Waals surface area contributed by atoms with Crippen molar-refractivity contribution in [2.45, 2.75) is 13.0 Å². The molecule has 0 spiro atoms. The van der Waals surface area contributed by atoms with Crippen molar-refractivity contribution in [3.8, 4) is 23.0 Å². The fourth-order valence-electron chi connectivity index (χ4n) is 11.0. The third-order valence-electron chi connectivity index (χ3n) is 14.1. The quantitative estimate of drug-likeness (QED) is 0.160. The average molecular weight is 906 g/mol. The zero-order chi connectivity index (χ0) is 45.8. The smallest absolute Gasteiger partial charge is 0.307 e. The summed E-state index contributed by atoms with van der Waals surface area (Å²) in [5.74, 6) is 2.82. The Kier molecular flexibility index (Phi) is 9.23. The Morgan fingerprint density at radius 1 is 0.353 bits per heavy atom. The molecule has 1 atom stereocenters. The molecule has 0 aliphatic carbocycles. The highest BCUT2D eigenvalue weighted by Crippen LogP contribution is 2.52. The van der Waals surface area contributed by atoms with E-state index in [1.54, 1.807) is 28.4 Å². The fraction of sp³-hybridized carbons (Fsp3) is 0.100. The summed E-state index contributed by atoms with van der Waals surface area (Å²) in [6.07, 6.45) is 0. The number of hydrogen-bond donors (Lipinski definition) is 1. The predicted octanol–water partition coefficient (Wildman–Crippen LogP) is 17.0. The summed E-state index contributed by atoms with van der Waals surface area (Å²) in [4.78, 5) is 0. The molecule has 12 aromatic carbocycles. The van der Waals surface area contributed by atoms with Crippen LogP contribution in [0.15, 0.2) is 172 Å². The van der Waals surface area contributed by atoms with Crippen LogP contribution >= 0.6 is 8.16 Å². The highest BCUT2D eigenvalue weighted by molar-refractivity contribution is 7.38. The molecule has 13 aromatic rings. The minimum absolute atomic E-state index is 0.186. The van der Waals surface area contributed by atoms with Crippen LogP contribution in [-0.2, 0) is 0 Å². The van der Waals surface area contributed by atoms with E-state index in [9.17, 15) is 0 Å². The number of ether oxygens (including phenoxy) is 4. The van der Waals surface area contributed by atoms with Crippen molar-refractivity contribution in [3.63, 3.8) is 0 Å². The van der Waals surface area contributed by atoms with Crippen LogP contribution < -0.4 is 24.0 Å². The van der Waals surface area contributed by atoms with Crippen molar-refractivity contribution in [2.24, 2.45) is 0 Å². The Labute approximate surface area is 391 Å². The lowest BCUT2D eigenvalue weighted by atomic mass is 9.90. The number of fused-ring (bicyclic) bond motifs is 20. The molecule has 0 fully saturated rings. The Bertz CT molecular complexity index is 4090. The topological polar surface area (TPSA) is 75.2 Å². The maximum atomic E-state index is 7.61. The van der Waals surface area contributed by atoms with Crippen molar-refractivity contribution in [1.82, 2.24) is 0 Å². The van der Waals surface area contributed by atoms with Gasteiger partial charge in [-0.3, -0.25) is 0 Å². The standard InChI is InChI=1S/C60H44NO6P/c1-33(39-20-12-16-34-13-6-9-17-40(34)39)61-68-66-59-45(29-51(64-4)47-31-49(62-2)43-27-25-37-23-21-35-14-7-10-18-41(35)53(37)55(43)57(47)59)46-30-52(65-5)48-32-50(63-3)44-28-26-38-24-22-36-15-8-11-19-42(36)54(38)56(44)58(48)60(46)67-68/h6-33,61H,1-5H3/t33-/m1/s1. The van der Waals surface area contributed by atoms with Gasteiger partial charge in [0.05, 0.1) is 28.4 Å². The van der Waals surface area contributed by atoms with Gasteiger partial charge in [-0.05, 0) is 103 Å². The van der Waals surface area contributed by atoms with Gasteiger partial charge < -0.3 is 27.3 Å².